The number of aliphatic hydroxyl groups is 2. The van der Waals surface area contributed by atoms with Gasteiger partial charge < -0.3 is 48.3 Å². The lowest BCUT2D eigenvalue weighted by Gasteiger charge is -2.42. The lowest BCUT2D eigenvalue weighted by Crippen LogP contribution is -2.61. The molecule has 0 radical (unpaired) electrons. The van der Waals surface area contributed by atoms with Crippen LogP contribution in [0.15, 0.2) is 47.6 Å². The smallest absolute Gasteiger partial charge is 0.329 e. The number of aliphatic hydroxyl groups excluding tert-OH is 1. The van der Waals surface area contributed by atoms with Gasteiger partial charge in [0, 0.05) is 51.4 Å². The van der Waals surface area contributed by atoms with Crippen molar-refractivity contribution in [2.45, 2.75) is 207 Å². The predicted molar refractivity (Wildman–Crippen MR) is 277 cm³/mol. The first-order valence-corrected chi connectivity index (χ1v) is 27.3. The first-order valence-electron chi connectivity index (χ1n) is 27.3. The number of carbonyl (C=O) groups excluding carboxylic acids is 6. The summed E-state index contributed by atoms with van der Waals surface area (Å²) in [6.45, 7) is 18.5. The zero-order chi connectivity index (χ0) is 54.7. The standard InChI is InChI=1S/C58H89NO15/c1-35-18-14-13-15-19-36(2)47(68-11)31-44-24-21-41(7)58(67,74-44)52(63)53(64)59-27-17-16-20-45(59)54(65)73-48(32-46(60)37(3)29-40(6)50(62)51(69-12)49(61)39(5)28-35)38(4)30-42-22-25-43(26-23-42)72-55(66)57(10)33-70-56(8,9)71-34-57/h13-15,18-19,29,35,37-39,41-45,47-48,50-51,62,67H,16-17,20-28,30-34H2,1-12H3/b15-13+,18-14+,36-19+,40-29+/t35-,37-,38-,39-,41-,42?,43?,44+,45+,47+,48?,50-,51+,58-/m1/s1. The largest absolute Gasteiger partial charge is 0.462 e. The summed E-state index contributed by atoms with van der Waals surface area (Å²) in [6.07, 6.45) is 12.5. The zero-order valence-electron chi connectivity index (χ0n) is 46.4. The van der Waals surface area contributed by atoms with Crippen molar-refractivity contribution in [3.8, 4) is 0 Å². The highest BCUT2D eigenvalue weighted by Gasteiger charge is 2.53. The van der Waals surface area contributed by atoms with Crippen molar-refractivity contribution in [1.29, 1.82) is 0 Å². The molecule has 16 nitrogen and oxygen atoms in total. The number of methoxy groups -OCH3 is 2. The van der Waals surface area contributed by atoms with Crippen LogP contribution in [0.2, 0.25) is 0 Å². The Kier molecular flexibility index (Phi) is 22.2. The van der Waals surface area contributed by atoms with Crippen LogP contribution in [-0.2, 0) is 61.9 Å². The number of hydrogen-bond donors (Lipinski definition) is 2. The van der Waals surface area contributed by atoms with Gasteiger partial charge >= 0.3 is 11.9 Å². The van der Waals surface area contributed by atoms with Gasteiger partial charge in [-0.1, -0.05) is 71.1 Å². The van der Waals surface area contributed by atoms with Crippen LogP contribution in [0.1, 0.15) is 153 Å². The normalized spacial score (nSPS) is 38.5. The fraction of sp³-hybridized carbons (Fsp3) is 0.759. The number of rotatable bonds is 7. The molecule has 1 aliphatic carbocycles. The Hall–Kier alpha value is -3.90. The van der Waals surface area contributed by atoms with Crippen LogP contribution in [0.5, 0.6) is 0 Å². The third-order valence-corrected chi connectivity index (χ3v) is 16.3. The van der Waals surface area contributed by atoms with Crippen molar-refractivity contribution in [3.05, 3.63) is 47.6 Å². The summed E-state index contributed by atoms with van der Waals surface area (Å²) in [5.74, 6) is -9.16. The summed E-state index contributed by atoms with van der Waals surface area (Å²) in [6, 6.07) is -1.16. The summed E-state index contributed by atoms with van der Waals surface area (Å²) >= 11 is 0. The minimum absolute atomic E-state index is 0.00845. The Morgan fingerprint density at radius 2 is 1.53 bits per heavy atom. The van der Waals surface area contributed by atoms with Gasteiger partial charge in [0.25, 0.3) is 11.7 Å². The van der Waals surface area contributed by atoms with E-state index in [1.54, 1.807) is 54.7 Å². The summed E-state index contributed by atoms with van der Waals surface area (Å²) in [5, 5.41) is 23.5. The molecule has 0 aromatic heterocycles. The van der Waals surface area contributed by atoms with Gasteiger partial charge in [-0.3, -0.25) is 24.0 Å². The highest BCUT2D eigenvalue weighted by Crippen LogP contribution is 2.39. The number of allylic oxidation sites excluding steroid dienone is 6. The molecule has 1 amide bonds. The number of Topliss-reactive ketones (excluding diaryl/α,β-unsaturated/α-hetero) is 3. The number of hydrogen-bond acceptors (Lipinski definition) is 15. The highest BCUT2D eigenvalue weighted by atomic mass is 16.7. The van der Waals surface area contributed by atoms with Crippen molar-refractivity contribution in [2.24, 2.45) is 40.9 Å². The Bertz CT molecular complexity index is 2080. The Morgan fingerprint density at radius 3 is 2.18 bits per heavy atom. The monoisotopic (exact) mass is 1040 g/mol. The van der Waals surface area contributed by atoms with E-state index in [1.807, 2.05) is 58.1 Å². The van der Waals surface area contributed by atoms with E-state index in [4.69, 9.17) is 33.2 Å². The van der Waals surface area contributed by atoms with E-state index >= 15 is 0 Å². The molecule has 12 atom stereocenters. The van der Waals surface area contributed by atoms with Crippen LogP contribution in [0.4, 0.5) is 0 Å². The number of cyclic esters (lactones) is 1. The van der Waals surface area contributed by atoms with E-state index in [9.17, 15) is 39.0 Å². The molecule has 16 heteroatoms. The number of fused-ring (bicyclic) bond motifs is 3. The molecule has 0 aromatic carbocycles. The van der Waals surface area contributed by atoms with Crippen LogP contribution < -0.4 is 0 Å². The predicted octanol–water partition coefficient (Wildman–Crippen LogP) is 7.90. The van der Waals surface area contributed by atoms with Gasteiger partial charge in [0.15, 0.2) is 11.6 Å². The topological polar surface area (TPSA) is 211 Å². The van der Waals surface area contributed by atoms with Crippen molar-refractivity contribution >= 4 is 35.2 Å². The number of ether oxygens (including phenoxy) is 7. The average molecular weight is 1040 g/mol. The molecule has 0 spiro atoms. The molecule has 4 fully saturated rings. The molecule has 0 aromatic rings. The van der Waals surface area contributed by atoms with Gasteiger partial charge in [0.05, 0.1) is 25.4 Å². The SMILES string of the molecule is CO[C@H]1C[C@@H]2CC[C@@H](C)[C@@](O)(O2)C(=O)C(=O)N2CCCC[C@H]2C(=O)OC([C@H](C)CC2CCC(OC(=O)C3(C)COC(C)(C)OC3)CC2)CC(=O)[C@H](C)/C=C(\C)[C@@H](O)[C@@H](OC)C(=O)[C@H](C)C[C@H](C)/C=C/C=C/C=C/1C. The minimum atomic E-state index is -2.44. The quantitative estimate of drug-likeness (QED) is 0.141. The Labute approximate surface area is 440 Å². The van der Waals surface area contributed by atoms with E-state index in [1.165, 1.54) is 12.0 Å². The van der Waals surface area contributed by atoms with Crippen LogP contribution in [0.3, 0.4) is 0 Å². The van der Waals surface area contributed by atoms with Crippen molar-refractivity contribution in [2.75, 3.05) is 34.0 Å². The minimum Gasteiger partial charge on any atom is -0.462 e. The second-order valence-electron chi connectivity index (χ2n) is 23.2. The molecule has 1 saturated carbocycles. The Morgan fingerprint density at radius 1 is 0.851 bits per heavy atom. The molecule has 4 aliphatic heterocycles. The van der Waals surface area contributed by atoms with Crippen molar-refractivity contribution in [1.82, 2.24) is 4.90 Å². The maximum Gasteiger partial charge on any atom is 0.329 e. The first kappa shape index (κ1) is 61.0. The van der Waals surface area contributed by atoms with E-state index in [2.05, 4.69) is 0 Å². The lowest BCUT2D eigenvalue weighted by atomic mass is 9.79. The fourth-order valence-electron chi connectivity index (χ4n) is 11.1. The number of ketones is 3. The van der Waals surface area contributed by atoms with Crippen LogP contribution in [-0.4, -0.2) is 139 Å². The van der Waals surface area contributed by atoms with Gasteiger partial charge in [-0.05, 0) is 134 Å². The van der Waals surface area contributed by atoms with E-state index in [-0.39, 0.29) is 74.0 Å². The number of esters is 2. The van der Waals surface area contributed by atoms with E-state index in [0.717, 1.165) is 18.4 Å². The summed E-state index contributed by atoms with van der Waals surface area (Å²) in [4.78, 5) is 85.8. The number of carbonyl (C=O) groups is 6. The lowest BCUT2D eigenvalue weighted by molar-refractivity contribution is -0.282. The van der Waals surface area contributed by atoms with Gasteiger partial charge in [-0.2, -0.15) is 0 Å². The summed E-state index contributed by atoms with van der Waals surface area (Å²) < 4.78 is 41.5. The third-order valence-electron chi connectivity index (χ3n) is 16.3. The fourth-order valence-corrected chi connectivity index (χ4v) is 11.1. The Balaban J connectivity index is 1.40. The van der Waals surface area contributed by atoms with Gasteiger partial charge in [0.2, 0.25) is 5.79 Å². The van der Waals surface area contributed by atoms with Crippen LogP contribution >= 0.6 is 0 Å². The second kappa shape index (κ2) is 26.9. The molecular weight excluding hydrogens is 951 g/mol. The summed E-state index contributed by atoms with van der Waals surface area (Å²) in [7, 11) is 2.95. The molecule has 5 rings (SSSR count). The number of amides is 1. The highest BCUT2D eigenvalue weighted by molar-refractivity contribution is 6.39. The molecule has 3 saturated heterocycles. The molecule has 1 unspecified atom stereocenters. The number of nitrogens with zero attached hydrogens (tertiary/aromatic N) is 1. The van der Waals surface area contributed by atoms with Gasteiger partial charge in [0.1, 0.15) is 41.7 Å². The van der Waals surface area contributed by atoms with Crippen molar-refractivity contribution < 1.29 is 72.1 Å². The average Bonchev–Trinajstić information content (AvgIpc) is 3.36. The number of piperidine rings is 1. The molecule has 2 N–H and O–H groups in total. The third kappa shape index (κ3) is 15.8. The van der Waals surface area contributed by atoms with E-state index in [0.29, 0.717) is 63.4 Å². The zero-order valence-corrected chi connectivity index (χ0v) is 46.4. The molecule has 416 valence electrons. The van der Waals surface area contributed by atoms with Crippen LogP contribution in [0.25, 0.3) is 0 Å². The molecule has 2 bridgehead atoms. The summed E-state index contributed by atoms with van der Waals surface area (Å²) in [5.41, 5.74) is 0.333. The molecular formula is C58H89NO15. The van der Waals surface area contributed by atoms with E-state index < -0.39 is 89.0 Å². The second-order valence-corrected chi connectivity index (χ2v) is 23.2. The maximum absolute atomic E-state index is 14.5. The van der Waals surface area contributed by atoms with Crippen molar-refractivity contribution in [3.63, 3.8) is 0 Å². The van der Waals surface area contributed by atoms with Crippen LogP contribution in [0, 0.1) is 40.9 Å². The first-order chi connectivity index (χ1) is 34.8. The van der Waals surface area contributed by atoms with Gasteiger partial charge in [-0.15, -0.1) is 0 Å². The molecule has 74 heavy (non-hydrogen) atoms. The molecule has 5 aliphatic rings. The maximum atomic E-state index is 14.5. The van der Waals surface area contributed by atoms with Gasteiger partial charge in [-0.25, -0.2) is 4.79 Å². The molecule has 4 heterocycles.